The number of carbonyl (C=O) groups is 1. The van der Waals surface area contributed by atoms with Crippen molar-refractivity contribution in [3.63, 3.8) is 0 Å². The zero-order valence-electron chi connectivity index (χ0n) is 9.96. The van der Waals surface area contributed by atoms with Gasteiger partial charge < -0.3 is 9.88 Å². The maximum atomic E-state index is 11.1. The quantitative estimate of drug-likeness (QED) is 0.834. The third-order valence-electron chi connectivity index (χ3n) is 2.96. The van der Waals surface area contributed by atoms with Crippen LogP contribution in [0.15, 0.2) is 24.3 Å². The van der Waals surface area contributed by atoms with Crippen LogP contribution in [-0.2, 0) is 18.4 Å². The Hall–Kier alpha value is -1.48. The van der Waals surface area contributed by atoms with E-state index in [9.17, 15) is 4.79 Å². The van der Waals surface area contributed by atoms with E-state index in [1.54, 1.807) is 0 Å². The predicted octanol–water partition coefficient (Wildman–Crippen LogP) is 2.34. The molecular weight excluding hydrogens is 236 g/mol. The van der Waals surface area contributed by atoms with Crippen molar-refractivity contribution in [2.24, 2.45) is 7.05 Å². The van der Waals surface area contributed by atoms with E-state index < -0.39 is 0 Å². The van der Waals surface area contributed by atoms with E-state index in [-0.39, 0.29) is 11.8 Å². The van der Waals surface area contributed by atoms with Gasteiger partial charge in [-0.05, 0) is 30.7 Å². The Morgan fingerprint density at radius 2 is 2.18 bits per heavy atom. The molecule has 1 aromatic heterocycles. The molecule has 2 rings (SSSR count). The number of nitrogens with zero attached hydrogens (tertiary/aromatic N) is 1. The van der Waals surface area contributed by atoms with Crippen molar-refractivity contribution in [1.29, 1.82) is 0 Å². The molecule has 90 valence electrons. The largest absolute Gasteiger partial charge is 0.351 e. The number of fused-ring (bicyclic) bond motifs is 1. The van der Waals surface area contributed by atoms with Crippen molar-refractivity contribution in [2.45, 2.75) is 13.5 Å². The molecule has 3 nitrogen and oxygen atoms in total. The highest BCUT2D eigenvalue weighted by Crippen LogP contribution is 2.19. The molecule has 0 aliphatic carbocycles. The minimum Gasteiger partial charge on any atom is -0.351 e. The van der Waals surface area contributed by atoms with Crippen molar-refractivity contribution >= 4 is 28.4 Å². The second-order valence-corrected chi connectivity index (χ2v) is 4.42. The van der Waals surface area contributed by atoms with Gasteiger partial charge in [-0.1, -0.05) is 6.07 Å². The number of alkyl halides is 1. The fourth-order valence-corrected chi connectivity index (χ4v) is 1.99. The number of carbonyl (C=O) groups excluding carboxylic acids is 1. The summed E-state index contributed by atoms with van der Waals surface area (Å²) in [4.78, 5) is 11.1. The fourth-order valence-electron chi connectivity index (χ4n) is 1.89. The standard InChI is InChI=1S/C13H15ClN2O/c1-9-5-11-6-10(8-15-13(17)7-14)3-4-12(11)16(9)2/h3-6H,7-8H2,1-2H3,(H,15,17). The van der Waals surface area contributed by atoms with Crippen molar-refractivity contribution in [3.8, 4) is 0 Å². The van der Waals surface area contributed by atoms with Crippen LogP contribution in [0.4, 0.5) is 0 Å². The Morgan fingerprint density at radius 1 is 1.41 bits per heavy atom. The van der Waals surface area contributed by atoms with E-state index in [0.717, 1.165) is 5.56 Å². The molecule has 0 radical (unpaired) electrons. The Balaban J connectivity index is 2.23. The van der Waals surface area contributed by atoms with E-state index >= 15 is 0 Å². The Labute approximate surface area is 105 Å². The molecule has 0 bridgehead atoms. The molecular formula is C13H15ClN2O. The molecule has 4 heteroatoms. The van der Waals surface area contributed by atoms with E-state index in [4.69, 9.17) is 11.6 Å². The summed E-state index contributed by atoms with van der Waals surface area (Å²) in [5.74, 6) is -0.136. The molecule has 1 aromatic carbocycles. The number of rotatable bonds is 3. The molecule has 0 unspecified atom stereocenters. The van der Waals surface area contributed by atoms with Crippen molar-refractivity contribution in [2.75, 3.05) is 5.88 Å². The van der Waals surface area contributed by atoms with Gasteiger partial charge in [-0.2, -0.15) is 0 Å². The Kier molecular flexibility index (Phi) is 3.38. The number of benzene rings is 1. The first-order valence-electron chi connectivity index (χ1n) is 5.49. The monoisotopic (exact) mass is 250 g/mol. The van der Waals surface area contributed by atoms with E-state index in [1.807, 2.05) is 13.1 Å². The van der Waals surface area contributed by atoms with Gasteiger partial charge in [0.15, 0.2) is 0 Å². The molecule has 0 saturated carbocycles. The van der Waals surface area contributed by atoms with Gasteiger partial charge in [-0.25, -0.2) is 0 Å². The molecule has 1 heterocycles. The second-order valence-electron chi connectivity index (χ2n) is 4.15. The van der Waals surface area contributed by atoms with Gasteiger partial charge in [0, 0.05) is 30.2 Å². The highest BCUT2D eigenvalue weighted by molar-refractivity contribution is 6.27. The number of hydrogen-bond acceptors (Lipinski definition) is 1. The highest BCUT2D eigenvalue weighted by Gasteiger charge is 2.04. The molecule has 0 spiro atoms. The first kappa shape index (κ1) is 12.0. The van der Waals surface area contributed by atoms with Gasteiger partial charge in [0.25, 0.3) is 0 Å². The van der Waals surface area contributed by atoms with Crippen LogP contribution in [0, 0.1) is 6.92 Å². The lowest BCUT2D eigenvalue weighted by molar-refractivity contribution is -0.118. The number of halogens is 1. The summed E-state index contributed by atoms with van der Waals surface area (Å²) in [6.45, 7) is 2.60. The second kappa shape index (κ2) is 4.80. The van der Waals surface area contributed by atoms with E-state index in [1.165, 1.54) is 16.6 Å². The van der Waals surface area contributed by atoms with Gasteiger partial charge in [-0.3, -0.25) is 4.79 Å². The lowest BCUT2D eigenvalue weighted by Gasteiger charge is -2.04. The van der Waals surface area contributed by atoms with Crippen molar-refractivity contribution < 1.29 is 4.79 Å². The molecule has 1 N–H and O–H groups in total. The van der Waals surface area contributed by atoms with Crippen LogP contribution in [0.1, 0.15) is 11.3 Å². The molecule has 0 saturated heterocycles. The van der Waals surface area contributed by atoms with Crippen LogP contribution in [0.2, 0.25) is 0 Å². The summed E-state index contributed by atoms with van der Waals surface area (Å²) < 4.78 is 2.15. The maximum Gasteiger partial charge on any atom is 0.235 e. The average Bonchev–Trinajstić information content (AvgIpc) is 2.62. The van der Waals surface area contributed by atoms with Gasteiger partial charge in [-0.15, -0.1) is 11.6 Å². The lowest BCUT2D eigenvalue weighted by atomic mass is 10.1. The van der Waals surface area contributed by atoms with Crippen LogP contribution in [0.25, 0.3) is 10.9 Å². The summed E-state index contributed by atoms with van der Waals surface area (Å²) in [7, 11) is 2.05. The number of hydrogen-bond donors (Lipinski definition) is 1. The summed E-state index contributed by atoms with van der Waals surface area (Å²) in [6.07, 6.45) is 0. The molecule has 0 aliphatic rings. The molecule has 0 aliphatic heterocycles. The summed E-state index contributed by atoms with van der Waals surface area (Å²) in [5, 5.41) is 3.95. The molecule has 17 heavy (non-hydrogen) atoms. The number of amides is 1. The highest BCUT2D eigenvalue weighted by atomic mass is 35.5. The number of aromatic nitrogens is 1. The predicted molar refractivity (Wildman–Crippen MR) is 70.2 cm³/mol. The number of aryl methyl sites for hydroxylation is 2. The van der Waals surface area contributed by atoms with Crippen LogP contribution in [0.3, 0.4) is 0 Å². The third kappa shape index (κ3) is 2.44. The van der Waals surface area contributed by atoms with Gasteiger partial charge in [0.05, 0.1) is 0 Å². The molecule has 0 fully saturated rings. The topological polar surface area (TPSA) is 34.0 Å². The molecule has 0 atom stereocenters. The van der Waals surface area contributed by atoms with Gasteiger partial charge in [0.1, 0.15) is 5.88 Å². The van der Waals surface area contributed by atoms with Crippen molar-refractivity contribution in [3.05, 3.63) is 35.5 Å². The first-order valence-corrected chi connectivity index (χ1v) is 6.03. The zero-order chi connectivity index (χ0) is 12.4. The SMILES string of the molecule is Cc1cc2cc(CNC(=O)CCl)ccc2n1C. The number of nitrogens with one attached hydrogen (secondary N) is 1. The van der Waals surface area contributed by atoms with Crippen molar-refractivity contribution in [1.82, 2.24) is 9.88 Å². The summed E-state index contributed by atoms with van der Waals surface area (Å²) in [6, 6.07) is 8.33. The van der Waals surface area contributed by atoms with E-state index in [2.05, 4.69) is 35.0 Å². The molecule has 2 aromatic rings. The first-order chi connectivity index (χ1) is 8.11. The van der Waals surface area contributed by atoms with Gasteiger partial charge >= 0.3 is 0 Å². The van der Waals surface area contributed by atoms with Crippen LogP contribution in [0.5, 0.6) is 0 Å². The van der Waals surface area contributed by atoms with Gasteiger partial charge in [0.2, 0.25) is 5.91 Å². The molecule has 1 amide bonds. The van der Waals surface area contributed by atoms with Crippen LogP contribution >= 0.6 is 11.6 Å². The van der Waals surface area contributed by atoms with Crippen LogP contribution < -0.4 is 5.32 Å². The fraction of sp³-hybridized carbons (Fsp3) is 0.308. The Bertz CT molecular complexity index is 560. The maximum absolute atomic E-state index is 11.1. The third-order valence-corrected chi connectivity index (χ3v) is 3.20. The minimum atomic E-state index is -0.143. The zero-order valence-corrected chi connectivity index (χ0v) is 10.7. The van der Waals surface area contributed by atoms with Crippen LogP contribution in [-0.4, -0.2) is 16.4 Å². The summed E-state index contributed by atoms with van der Waals surface area (Å²) >= 11 is 5.42. The smallest absolute Gasteiger partial charge is 0.235 e. The average molecular weight is 251 g/mol. The van der Waals surface area contributed by atoms with E-state index in [0.29, 0.717) is 6.54 Å². The minimum absolute atomic E-state index is 0.00664. The lowest BCUT2D eigenvalue weighted by Crippen LogP contribution is -2.23. The Morgan fingerprint density at radius 3 is 2.88 bits per heavy atom. The summed E-state index contributed by atoms with van der Waals surface area (Å²) in [5.41, 5.74) is 3.51. The normalized spacial score (nSPS) is 10.8.